The first-order chi connectivity index (χ1) is 6.66. The summed E-state index contributed by atoms with van der Waals surface area (Å²) in [5, 5.41) is 9.51. The predicted octanol–water partition coefficient (Wildman–Crippen LogP) is 1.88. The van der Waals surface area contributed by atoms with Gasteiger partial charge in [-0.1, -0.05) is 13.8 Å². The van der Waals surface area contributed by atoms with Crippen molar-refractivity contribution >= 4 is 0 Å². The van der Waals surface area contributed by atoms with Crippen LogP contribution in [0.2, 0.25) is 0 Å². The lowest BCUT2D eigenvalue weighted by Crippen LogP contribution is -2.32. The van der Waals surface area contributed by atoms with E-state index in [1.807, 2.05) is 0 Å². The smallest absolute Gasteiger partial charge is 0.0555 e. The summed E-state index contributed by atoms with van der Waals surface area (Å²) >= 11 is 0. The lowest BCUT2D eigenvalue weighted by atomic mass is 9.95. The molecule has 0 spiro atoms. The second-order valence-electron chi connectivity index (χ2n) is 5.41. The van der Waals surface area contributed by atoms with Crippen LogP contribution in [-0.4, -0.2) is 35.2 Å². The van der Waals surface area contributed by atoms with Gasteiger partial charge in [0.2, 0.25) is 0 Å². The van der Waals surface area contributed by atoms with Gasteiger partial charge in [-0.2, -0.15) is 0 Å². The number of aliphatic hydroxyl groups is 1. The molecule has 14 heavy (non-hydrogen) atoms. The van der Waals surface area contributed by atoms with Gasteiger partial charge in [-0.3, -0.25) is 4.90 Å². The van der Waals surface area contributed by atoms with Crippen LogP contribution in [-0.2, 0) is 0 Å². The average molecular weight is 197 g/mol. The van der Waals surface area contributed by atoms with Gasteiger partial charge in [0.15, 0.2) is 0 Å². The highest BCUT2D eigenvalue weighted by molar-refractivity contribution is 4.87. The fourth-order valence-corrected chi connectivity index (χ4v) is 2.96. The van der Waals surface area contributed by atoms with Crippen LogP contribution in [0.4, 0.5) is 0 Å². The fourth-order valence-electron chi connectivity index (χ4n) is 2.96. The lowest BCUT2D eigenvalue weighted by Gasteiger charge is -2.24. The van der Waals surface area contributed by atoms with Crippen LogP contribution in [0.1, 0.15) is 39.5 Å². The number of nitrogens with zero attached hydrogens (tertiary/aromatic N) is 1. The standard InChI is InChI=1S/C12H23NO/c1-9(2)10-5-6-13(8-10)11-3-4-12(14)7-11/h9-12,14H,3-8H2,1-2H3. The Morgan fingerprint density at radius 1 is 1.21 bits per heavy atom. The fraction of sp³-hybridized carbons (Fsp3) is 1.00. The molecule has 1 N–H and O–H groups in total. The molecular formula is C12H23NO. The Morgan fingerprint density at radius 3 is 2.50 bits per heavy atom. The van der Waals surface area contributed by atoms with Crippen LogP contribution in [0.15, 0.2) is 0 Å². The monoisotopic (exact) mass is 197 g/mol. The van der Waals surface area contributed by atoms with Gasteiger partial charge in [0.05, 0.1) is 6.10 Å². The molecule has 2 nitrogen and oxygen atoms in total. The first-order valence-corrected chi connectivity index (χ1v) is 6.09. The molecule has 2 fully saturated rings. The van der Waals surface area contributed by atoms with Crippen LogP contribution in [0, 0.1) is 11.8 Å². The molecule has 1 saturated heterocycles. The second kappa shape index (κ2) is 4.19. The van der Waals surface area contributed by atoms with Gasteiger partial charge in [-0.05, 0) is 44.1 Å². The van der Waals surface area contributed by atoms with Crippen LogP contribution in [0.25, 0.3) is 0 Å². The number of likely N-dealkylation sites (tertiary alicyclic amines) is 1. The van der Waals surface area contributed by atoms with Gasteiger partial charge in [0.1, 0.15) is 0 Å². The summed E-state index contributed by atoms with van der Waals surface area (Å²) < 4.78 is 0. The number of hydrogen-bond acceptors (Lipinski definition) is 2. The Balaban J connectivity index is 1.83. The highest BCUT2D eigenvalue weighted by Crippen LogP contribution is 2.31. The summed E-state index contributed by atoms with van der Waals surface area (Å²) in [4.78, 5) is 2.61. The van der Waals surface area contributed by atoms with Crippen molar-refractivity contribution < 1.29 is 5.11 Å². The molecular weight excluding hydrogens is 174 g/mol. The Kier molecular flexibility index (Phi) is 3.13. The van der Waals surface area contributed by atoms with Crippen LogP contribution < -0.4 is 0 Å². The molecule has 2 heteroatoms. The van der Waals surface area contributed by atoms with E-state index in [4.69, 9.17) is 0 Å². The van der Waals surface area contributed by atoms with E-state index in [1.165, 1.54) is 25.9 Å². The number of rotatable bonds is 2. The van der Waals surface area contributed by atoms with Gasteiger partial charge < -0.3 is 5.11 Å². The number of hydrogen-bond donors (Lipinski definition) is 1. The van der Waals surface area contributed by atoms with E-state index in [0.717, 1.165) is 24.7 Å². The van der Waals surface area contributed by atoms with Crippen molar-refractivity contribution in [1.29, 1.82) is 0 Å². The summed E-state index contributed by atoms with van der Waals surface area (Å²) in [6.07, 6.45) is 4.60. The molecule has 0 aromatic carbocycles. The van der Waals surface area contributed by atoms with Crippen molar-refractivity contribution in [2.75, 3.05) is 13.1 Å². The second-order valence-corrected chi connectivity index (χ2v) is 5.41. The third-order valence-electron chi connectivity index (χ3n) is 4.09. The van der Waals surface area contributed by atoms with Crippen LogP contribution in [0.3, 0.4) is 0 Å². The first-order valence-electron chi connectivity index (χ1n) is 6.09. The van der Waals surface area contributed by atoms with Gasteiger partial charge in [-0.25, -0.2) is 0 Å². The molecule has 0 amide bonds. The summed E-state index contributed by atoms with van der Waals surface area (Å²) in [5.41, 5.74) is 0. The molecule has 2 aliphatic rings. The van der Waals surface area contributed by atoms with Crippen molar-refractivity contribution in [2.45, 2.75) is 51.7 Å². The van der Waals surface area contributed by atoms with Crippen LogP contribution in [0.5, 0.6) is 0 Å². The third kappa shape index (κ3) is 2.12. The molecule has 3 atom stereocenters. The van der Waals surface area contributed by atoms with E-state index in [1.54, 1.807) is 0 Å². The minimum atomic E-state index is -0.0156. The largest absolute Gasteiger partial charge is 0.393 e. The van der Waals surface area contributed by atoms with Gasteiger partial charge in [-0.15, -0.1) is 0 Å². The first kappa shape index (κ1) is 10.4. The van der Waals surface area contributed by atoms with Gasteiger partial charge >= 0.3 is 0 Å². The molecule has 2 rings (SSSR count). The van der Waals surface area contributed by atoms with E-state index in [2.05, 4.69) is 18.7 Å². The maximum Gasteiger partial charge on any atom is 0.0555 e. The zero-order valence-electron chi connectivity index (χ0n) is 9.45. The van der Waals surface area contributed by atoms with E-state index in [9.17, 15) is 5.11 Å². The maximum atomic E-state index is 9.51. The topological polar surface area (TPSA) is 23.5 Å². The normalized spacial score (nSPS) is 39.9. The van der Waals surface area contributed by atoms with Gasteiger partial charge in [0, 0.05) is 12.6 Å². The Labute approximate surface area is 87.3 Å². The summed E-state index contributed by atoms with van der Waals surface area (Å²) in [7, 11) is 0. The molecule has 0 bridgehead atoms. The molecule has 1 aliphatic heterocycles. The van der Waals surface area contributed by atoms with E-state index in [-0.39, 0.29) is 6.10 Å². The minimum Gasteiger partial charge on any atom is -0.393 e. The van der Waals surface area contributed by atoms with Gasteiger partial charge in [0.25, 0.3) is 0 Å². The molecule has 3 unspecified atom stereocenters. The highest BCUT2D eigenvalue weighted by atomic mass is 16.3. The zero-order valence-corrected chi connectivity index (χ0v) is 9.45. The molecule has 0 aromatic rings. The molecule has 0 aromatic heterocycles. The molecule has 1 aliphatic carbocycles. The molecule has 1 saturated carbocycles. The quantitative estimate of drug-likeness (QED) is 0.730. The Hall–Kier alpha value is -0.0800. The molecule has 82 valence electrons. The van der Waals surface area contributed by atoms with Crippen LogP contribution >= 0.6 is 0 Å². The zero-order chi connectivity index (χ0) is 10.1. The Bertz CT molecular complexity index is 193. The summed E-state index contributed by atoms with van der Waals surface area (Å²) in [5.74, 6) is 1.72. The SMILES string of the molecule is CC(C)C1CCN(C2CCC(O)C2)C1. The van der Waals surface area contributed by atoms with Crippen molar-refractivity contribution in [2.24, 2.45) is 11.8 Å². The number of aliphatic hydroxyl groups excluding tert-OH is 1. The summed E-state index contributed by atoms with van der Waals surface area (Å²) in [6.45, 7) is 7.20. The van der Waals surface area contributed by atoms with Crippen molar-refractivity contribution in [3.05, 3.63) is 0 Å². The Morgan fingerprint density at radius 2 is 2.00 bits per heavy atom. The minimum absolute atomic E-state index is 0.0156. The highest BCUT2D eigenvalue weighted by Gasteiger charge is 2.33. The molecule has 1 heterocycles. The van der Waals surface area contributed by atoms with E-state index < -0.39 is 0 Å². The van der Waals surface area contributed by atoms with E-state index in [0.29, 0.717) is 6.04 Å². The van der Waals surface area contributed by atoms with E-state index >= 15 is 0 Å². The average Bonchev–Trinajstić information content (AvgIpc) is 2.70. The third-order valence-corrected chi connectivity index (χ3v) is 4.09. The maximum absolute atomic E-state index is 9.51. The molecule has 0 radical (unpaired) electrons. The predicted molar refractivity (Wildman–Crippen MR) is 58.2 cm³/mol. The summed E-state index contributed by atoms with van der Waals surface area (Å²) in [6, 6.07) is 0.689. The lowest BCUT2D eigenvalue weighted by molar-refractivity contribution is 0.160. The van der Waals surface area contributed by atoms with Crippen molar-refractivity contribution in [3.8, 4) is 0 Å². The van der Waals surface area contributed by atoms with Crippen molar-refractivity contribution in [1.82, 2.24) is 4.90 Å². The van der Waals surface area contributed by atoms with Crippen molar-refractivity contribution in [3.63, 3.8) is 0 Å².